The van der Waals surface area contributed by atoms with Crippen molar-refractivity contribution in [3.63, 3.8) is 0 Å². The Bertz CT molecular complexity index is 750. The number of carbonyl (C=O) groups is 2. The van der Waals surface area contributed by atoms with Gasteiger partial charge in [-0.05, 0) is 43.2 Å². The summed E-state index contributed by atoms with van der Waals surface area (Å²) in [5.41, 5.74) is 1.71. The third-order valence-electron chi connectivity index (χ3n) is 3.75. The van der Waals surface area contributed by atoms with E-state index < -0.39 is 5.97 Å². The number of hydrogen-bond donors (Lipinski definition) is 1. The number of rotatable bonds is 8. The molecule has 0 aliphatic rings. The molecule has 1 amide bonds. The summed E-state index contributed by atoms with van der Waals surface area (Å²) in [6, 6.07) is 12.3. The Labute approximate surface area is 153 Å². The van der Waals surface area contributed by atoms with E-state index in [4.69, 9.17) is 14.2 Å². The van der Waals surface area contributed by atoms with Crippen LogP contribution in [0.5, 0.6) is 11.5 Å². The van der Waals surface area contributed by atoms with Crippen molar-refractivity contribution in [3.05, 3.63) is 53.6 Å². The quantitative estimate of drug-likeness (QED) is 0.733. The van der Waals surface area contributed by atoms with E-state index in [1.807, 2.05) is 12.1 Å². The van der Waals surface area contributed by atoms with E-state index in [-0.39, 0.29) is 18.9 Å². The highest BCUT2D eigenvalue weighted by Crippen LogP contribution is 2.23. The molecule has 0 heterocycles. The SMILES string of the molecule is CCOC(=O)c1ccccc1NC(=O)CCc1cc(OC)cc(OC)c1. The van der Waals surface area contributed by atoms with E-state index in [2.05, 4.69) is 5.32 Å². The smallest absolute Gasteiger partial charge is 0.340 e. The van der Waals surface area contributed by atoms with E-state index in [0.717, 1.165) is 5.56 Å². The van der Waals surface area contributed by atoms with Crippen molar-refractivity contribution in [1.82, 2.24) is 0 Å². The first-order valence-corrected chi connectivity index (χ1v) is 8.35. The van der Waals surface area contributed by atoms with Crippen LogP contribution in [0.2, 0.25) is 0 Å². The predicted molar refractivity (Wildman–Crippen MR) is 98.9 cm³/mol. The Balaban J connectivity index is 2.03. The Morgan fingerprint density at radius 3 is 2.27 bits per heavy atom. The molecule has 2 aromatic rings. The van der Waals surface area contributed by atoms with Crippen molar-refractivity contribution in [1.29, 1.82) is 0 Å². The molecule has 0 aliphatic carbocycles. The minimum atomic E-state index is -0.457. The standard InChI is InChI=1S/C20H23NO5/c1-4-26-20(23)17-7-5-6-8-18(17)21-19(22)10-9-14-11-15(24-2)13-16(12-14)25-3/h5-8,11-13H,4,9-10H2,1-3H3,(H,21,22). The molecule has 6 heteroatoms. The molecule has 6 nitrogen and oxygen atoms in total. The average molecular weight is 357 g/mol. The van der Waals surface area contributed by atoms with Gasteiger partial charge in [0, 0.05) is 12.5 Å². The van der Waals surface area contributed by atoms with Gasteiger partial charge >= 0.3 is 5.97 Å². The molecule has 138 valence electrons. The Morgan fingerprint density at radius 2 is 1.65 bits per heavy atom. The van der Waals surface area contributed by atoms with Gasteiger partial charge in [-0.25, -0.2) is 4.79 Å². The average Bonchev–Trinajstić information content (AvgIpc) is 2.66. The number of anilines is 1. The maximum Gasteiger partial charge on any atom is 0.340 e. The van der Waals surface area contributed by atoms with Crippen LogP contribution in [-0.4, -0.2) is 32.7 Å². The van der Waals surface area contributed by atoms with E-state index in [1.165, 1.54) is 0 Å². The summed E-state index contributed by atoms with van der Waals surface area (Å²) < 4.78 is 15.5. The van der Waals surface area contributed by atoms with Gasteiger partial charge in [0.05, 0.1) is 32.1 Å². The van der Waals surface area contributed by atoms with E-state index in [1.54, 1.807) is 51.5 Å². The minimum Gasteiger partial charge on any atom is -0.497 e. The fraction of sp³-hybridized carbons (Fsp3) is 0.300. The summed E-state index contributed by atoms with van der Waals surface area (Å²) >= 11 is 0. The second kappa shape index (κ2) is 9.46. The number of para-hydroxylation sites is 1. The Kier molecular flexibility index (Phi) is 7.02. The molecule has 0 spiro atoms. The van der Waals surface area contributed by atoms with Gasteiger partial charge in [-0.2, -0.15) is 0 Å². The maximum atomic E-state index is 12.3. The lowest BCUT2D eigenvalue weighted by Crippen LogP contribution is -2.16. The normalized spacial score (nSPS) is 10.1. The minimum absolute atomic E-state index is 0.191. The molecule has 1 N–H and O–H groups in total. The number of carbonyl (C=O) groups excluding carboxylic acids is 2. The van der Waals surface area contributed by atoms with Crippen LogP contribution in [0.4, 0.5) is 5.69 Å². The fourth-order valence-electron chi connectivity index (χ4n) is 2.46. The summed E-state index contributed by atoms with van der Waals surface area (Å²) in [6.07, 6.45) is 0.772. The van der Waals surface area contributed by atoms with Gasteiger partial charge in [0.1, 0.15) is 11.5 Å². The molecule has 0 aliphatic heterocycles. The summed E-state index contributed by atoms with van der Waals surface area (Å²) in [4.78, 5) is 24.3. The molecule has 0 atom stereocenters. The van der Waals surface area contributed by atoms with E-state index in [9.17, 15) is 9.59 Å². The predicted octanol–water partition coefficient (Wildman–Crippen LogP) is 3.45. The third kappa shape index (κ3) is 5.24. The fourth-order valence-corrected chi connectivity index (χ4v) is 2.46. The molecule has 0 aromatic heterocycles. The largest absolute Gasteiger partial charge is 0.497 e. The van der Waals surface area contributed by atoms with Crippen molar-refractivity contribution in [2.75, 3.05) is 26.1 Å². The Morgan fingerprint density at radius 1 is 1.00 bits per heavy atom. The van der Waals surface area contributed by atoms with Crippen molar-refractivity contribution in [2.45, 2.75) is 19.8 Å². The number of nitrogens with one attached hydrogen (secondary N) is 1. The lowest BCUT2D eigenvalue weighted by Gasteiger charge is -2.11. The van der Waals surface area contributed by atoms with Crippen molar-refractivity contribution >= 4 is 17.6 Å². The highest BCUT2D eigenvalue weighted by molar-refractivity contribution is 6.01. The lowest BCUT2D eigenvalue weighted by molar-refractivity contribution is -0.116. The zero-order valence-corrected chi connectivity index (χ0v) is 15.2. The summed E-state index contributed by atoms with van der Waals surface area (Å²) in [6.45, 7) is 2.01. The molecule has 0 radical (unpaired) electrons. The van der Waals surface area contributed by atoms with Gasteiger partial charge in [-0.15, -0.1) is 0 Å². The number of methoxy groups -OCH3 is 2. The molecule has 0 unspecified atom stereocenters. The van der Waals surface area contributed by atoms with Crippen molar-refractivity contribution < 1.29 is 23.8 Å². The van der Waals surface area contributed by atoms with Crippen LogP contribution in [0.25, 0.3) is 0 Å². The number of aryl methyl sites for hydroxylation is 1. The van der Waals surface area contributed by atoms with Crippen LogP contribution in [0.15, 0.2) is 42.5 Å². The molecule has 0 fully saturated rings. The van der Waals surface area contributed by atoms with Crippen LogP contribution < -0.4 is 14.8 Å². The van der Waals surface area contributed by atoms with Gasteiger partial charge in [-0.1, -0.05) is 12.1 Å². The summed E-state index contributed by atoms with van der Waals surface area (Å²) in [7, 11) is 3.16. The number of ether oxygens (including phenoxy) is 3. The molecule has 26 heavy (non-hydrogen) atoms. The highest BCUT2D eigenvalue weighted by atomic mass is 16.5. The van der Waals surface area contributed by atoms with E-state index >= 15 is 0 Å². The van der Waals surface area contributed by atoms with Crippen molar-refractivity contribution in [3.8, 4) is 11.5 Å². The highest BCUT2D eigenvalue weighted by Gasteiger charge is 2.14. The van der Waals surface area contributed by atoms with E-state index in [0.29, 0.717) is 29.2 Å². The second-order valence-corrected chi connectivity index (χ2v) is 5.54. The first-order valence-electron chi connectivity index (χ1n) is 8.35. The number of benzene rings is 2. The van der Waals surface area contributed by atoms with Gasteiger partial charge < -0.3 is 19.5 Å². The van der Waals surface area contributed by atoms with Crippen LogP contribution in [0.3, 0.4) is 0 Å². The maximum absolute atomic E-state index is 12.3. The summed E-state index contributed by atoms with van der Waals surface area (Å²) in [5.74, 6) is 0.698. The number of hydrogen-bond acceptors (Lipinski definition) is 5. The monoisotopic (exact) mass is 357 g/mol. The van der Waals surface area contributed by atoms with Crippen molar-refractivity contribution in [2.24, 2.45) is 0 Å². The second-order valence-electron chi connectivity index (χ2n) is 5.54. The van der Waals surface area contributed by atoms with Crippen LogP contribution >= 0.6 is 0 Å². The van der Waals surface area contributed by atoms with Gasteiger partial charge in [0.25, 0.3) is 0 Å². The molecule has 2 aromatic carbocycles. The first kappa shape index (κ1) is 19.3. The summed E-state index contributed by atoms with van der Waals surface area (Å²) in [5, 5.41) is 2.78. The molecule has 0 saturated carbocycles. The molecular weight excluding hydrogens is 334 g/mol. The van der Waals surface area contributed by atoms with Crippen LogP contribution in [0.1, 0.15) is 29.3 Å². The zero-order valence-electron chi connectivity index (χ0n) is 15.2. The topological polar surface area (TPSA) is 73.9 Å². The molecular formula is C20H23NO5. The Hall–Kier alpha value is -3.02. The lowest BCUT2D eigenvalue weighted by atomic mass is 10.1. The number of esters is 1. The van der Waals surface area contributed by atoms with Gasteiger partial charge in [0.2, 0.25) is 5.91 Å². The van der Waals surface area contributed by atoms with Crippen LogP contribution in [0, 0.1) is 0 Å². The zero-order chi connectivity index (χ0) is 18.9. The molecule has 0 bridgehead atoms. The first-order chi connectivity index (χ1) is 12.6. The molecule has 2 rings (SSSR count). The van der Waals surface area contributed by atoms with Crippen LogP contribution in [-0.2, 0) is 16.0 Å². The van der Waals surface area contributed by atoms with Gasteiger partial charge in [-0.3, -0.25) is 4.79 Å². The molecule has 0 saturated heterocycles. The third-order valence-corrected chi connectivity index (χ3v) is 3.75. The number of amides is 1. The van der Waals surface area contributed by atoms with Gasteiger partial charge in [0.15, 0.2) is 0 Å².